The van der Waals surface area contributed by atoms with E-state index in [9.17, 15) is 29.7 Å². The Bertz CT molecular complexity index is 2500. The molecule has 4 aromatic rings. The Morgan fingerprint density at radius 1 is 0.710 bits per heavy atom. The van der Waals surface area contributed by atoms with Crippen LogP contribution in [0, 0.1) is 5.92 Å². The zero-order valence-electron chi connectivity index (χ0n) is 40.6. The first-order chi connectivity index (χ1) is 33.3. The molecule has 3 amide bonds. The van der Waals surface area contributed by atoms with Crippen LogP contribution in [0.2, 0.25) is 18.6 Å². The molecule has 4 aliphatic rings. The molecule has 1 spiro atoms. The number of amides is 3. The fourth-order valence-electron chi connectivity index (χ4n) is 11.2. The molecule has 6 atom stereocenters. The monoisotopic (exact) mass is 963 g/mol. The van der Waals surface area contributed by atoms with E-state index in [1.54, 1.807) is 14.7 Å². The molecule has 6 N–H and O–H groups in total. The van der Waals surface area contributed by atoms with Gasteiger partial charge in [-0.1, -0.05) is 19.1 Å². The molecule has 0 saturated carbocycles. The number of carbonyl (C=O) groups excluding carboxylic acids is 3. The number of carbonyl (C=O) groups is 3. The summed E-state index contributed by atoms with van der Waals surface area (Å²) in [4.78, 5) is 61.8. The van der Waals surface area contributed by atoms with E-state index in [4.69, 9.17) is 14.2 Å². The van der Waals surface area contributed by atoms with Crippen LogP contribution in [0.1, 0.15) is 75.1 Å². The summed E-state index contributed by atoms with van der Waals surface area (Å²) in [6, 6.07) is 23.7. The summed E-state index contributed by atoms with van der Waals surface area (Å²) in [5, 5.41) is 36.0. The zero-order valence-corrected chi connectivity index (χ0v) is 41.6. The van der Waals surface area contributed by atoms with Crippen LogP contribution in [0.15, 0.2) is 78.9 Å². The van der Waals surface area contributed by atoms with Crippen molar-refractivity contribution in [1.29, 1.82) is 0 Å². The summed E-state index contributed by atoms with van der Waals surface area (Å²) in [6.45, 7) is 11.7. The molecular formula is C53H69N5O10Si. The van der Waals surface area contributed by atoms with Crippen LogP contribution < -0.4 is 34.8 Å². The molecule has 370 valence electrons. The van der Waals surface area contributed by atoms with Crippen molar-refractivity contribution >= 4 is 54.5 Å². The molecule has 4 aromatic carbocycles. The molecule has 16 heteroatoms. The topological polar surface area (TPSA) is 194 Å². The van der Waals surface area contributed by atoms with Crippen LogP contribution in [0.4, 0.5) is 28.4 Å². The Hall–Kier alpha value is -5.17. The largest absolute Gasteiger partial charge is 0.494 e. The first-order valence-electron chi connectivity index (χ1n) is 24.7. The van der Waals surface area contributed by atoms with E-state index in [0.29, 0.717) is 92.5 Å². The second kappa shape index (κ2) is 21.4. The molecular weight excluding hydrogens is 895 g/mol. The number of rotatable bonds is 21. The van der Waals surface area contributed by atoms with Crippen LogP contribution in [0.3, 0.4) is 0 Å². The highest BCUT2D eigenvalue weighted by Gasteiger charge is 2.66. The van der Waals surface area contributed by atoms with Crippen molar-refractivity contribution < 1.29 is 48.7 Å². The lowest BCUT2D eigenvalue weighted by atomic mass is 9.82. The number of nitrogens with one attached hydrogen (secondary N) is 2. The fraction of sp³-hybridized carbons (Fsp3) is 0.491. The van der Waals surface area contributed by atoms with Gasteiger partial charge in [-0.25, -0.2) is 0 Å². The maximum Gasteiger partial charge on any atom is 0.264 e. The number of unbranched alkanes of at least 4 members (excludes halogenated alkanes) is 2. The number of nitrogens with zero attached hydrogens (tertiary/aromatic N) is 3. The Labute approximate surface area is 406 Å². The lowest BCUT2D eigenvalue weighted by molar-refractivity contribution is -0.146. The molecule has 0 radical (unpaired) electrons. The summed E-state index contributed by atoms with van der Waals surface area (Å²) in [5.74, 6) is 0.328. The summed E-state index contributed by atoms with van der Waals surface area (Å²) in [5.41, 5.74) is 4.49. The normalized spacial score (nSPS) is 23.2. The van der Waals surface area contributed by atoms with Crippen molar-refractivity contribution in [3.8, 4) is 11.5 Å². The van der Waals surface area contributed by atoms with Crippen LogP contribution >= 0.6 is 0 Å². The van der Waals surface area contributed by atoms with E-state index >= 15 is 4.79 Å². The first-order valence-corrected chi connectivity index (χ1v) is 27.8. The van der Waals surface area contributed by atoms with Crippen LogP contribution in [0.5, 0.6) is 11.5 Å². The first kappa shape index (κ1) is 50.2. The molecule has 8 rings (SSSR count). The number of benzene rings is 4. The molecule has 1 fully saturated rings. The Kier molecular flexibility index (Phi) is 15.6. The SMILES string of the molecule is CCOc1ccc2c(c1)CC(NCCCCO)C(=O)N2c1cccc(CN2C(=O)[C@@]3(O[C@@H](CCO)[C@H]([Si](C)(C)O)[C@H]3C)c3cc(N4C(=O)C(NCCCCO)Cc5cc(OCC)ccc54)ccc32)c1. The van der Waals surface area contributed by atoms with Crippen molar-refractivity contribution in [2.75, 3.05) is 60.8 Å². The zero-order chi connectivity index (χ0) is 49.0. The fourth-order valence-corrected chi connectivity index (χ4v) is 13.8. The second-order valence-electron chi connectivity index (χ2n) is 19.2. The van der Waals surface area contributed by atoms with Gasteiger partial charge in [0.25, 0.3) is 5.91 Å². The number of anilines is 5. The average Bonchev–Trinajstić information content (AvgIpc) is 3.75. The van der Waals surface area contributed by atoms with E-state index in [1.807, 2.05) is 113 Å². The smallest absolute Gasteiger partial charge is 0.264 e. The van der Waals surface area contributed by atoms with E-state index in [0.717, 1.165) is 34.5 Å². The minimum absolute atomic E-state index is 0.0651. The summed E-state index contributed by atoms with van der Waals surface area (Å²) >= 11 is 0. The van der Waals surface area contributed by atoms with Gasteiger partial charge in [0.2, 0.25) is 11.8 Å². The van der Waals surface area contributed by atoms with Gasteiger partial charge < -0.3 is 49.9 Å². The van der Waals surface area contributed by atoms with Gasteiger partial charge in [-0.05, 0) is 168 Å². The van der Waals surface area contributed by atoms with E-state index in [1.165, 1.54) is 0 Å². The third-order valence-electron chi connectivity index (χ3n) is 14.2. The molecule has 2 unspecified atom stereocenters. The molecule has 4 heterocycles. The predicted octanol–water partition coefficient (Wildman–Crippen LogP) is 6.11. The van der Waals surface area contributed by atoms with Gasteiger partial charge in [0, 0.05) is 48.2 Å². The van der Waals surface area contributed by atoms with Crippen LogP contribution in [-0.4, -0.2) is 110 Å². The Morgan fingerprint density at radius 2 is 1.26 bits per heavy atom. The number of aliphatic hydroxyl groups is 3. The van der Waals surface area contributed by atoms with Gasteiger partial charge in [0.15, 0.2) is 13.9 Å². The van der Waals surface area contributed by atoms with Gasteiger partial charge in [-0.2, -0.15) is 0 Å². The summed E-state index contributed by atoms with van der Waals surface area (Å²) in [7, 11) is -3.03. The molecule has 1 saturated heterocycles. The van der Waals surface area contributed by atoms with Gasteiger partial charge in [-0.3, -0.25) is 24.2 Å². The van der Waals surface area contributed by atoms with Gasteiger partial charge in [0.1, 0.15) is 11.5 Å². The van der Waals surface area contributed by atoms with E-state index < -0.39 is 43.6 Å². The number of fused-ring (bicyclic) bond motifs is 4. The lowest BCUT2D eigenvalue weighted by Crippen LogP contribution is -2.49. The molecule has 15 nitrogen and oxygen atoms in total. The van der Waals surface area contributed by atoms with Crippen molar-refractivity contribution in [1.82, 2.24) is 10.6 Å². The maximum atomic E-state index is 15.6. The lowest BCUT2D eigenvalue weighted by Gasteiger charge is -2.36. The van der Waals surface area contributed by atoms with Gasteiger partial charge in [-0.15, -0.1) is 0 Å². The van der Waals surface area contributed by atoms with Crippen molar-refractivity contribution in [2.24, 2.45) is 5.92 Å². The summed E-state index contributed by atoms with van der Waals surface area (Å²) in [6.07, 6.45) is 3.20. The highest BCUT2D eigenvalue weighted by atomic mass is 28.4. The van der Waals surface area contributed by atoms with E-state index in [-0.39, 0.29) is 50.5 Å². The van der Waals surface area contributed by atoms with Crippen molar-refractivity contribution in [3.63, 3.8) is 0 Å². The van der Waals surface area contributed by atoms with Crippen LogP contribution in [0.25, 0.3) is 0 Å². The minimum Gasteiger partial charge on any atom is -0.494 e. The second-order valence-corrected chi connectivity index (χ2v) is 23.2. The van der Waals surface area contributed by atoms with Crippen molar-refractivity contribution in [3.05, 3.63) is 101 Å². The highest BCUT2D eigenvalue weighted by Crippen LogP contribution is 2.60. The van der Waals surface area contributed by atoms with Gasteiger partial charge in [0.05, 0.1) is 55.0 Å². The number of hydrogen-bond acceptors (Lipinski definition) is 12. The molecule has 69 heavy (non-hydrogen) atoms. The third-order valence-corrected chi connectivity index (χ3v) is 16.7. The minimum atomic E-state index is -3.03. The van der Waals surface area contributed by atoms with Crippen molar-refractivity contribution in [2.45, 2.75) is 115 Å². The molecule has 4 aliphatic heterocycles. The Morgan fingerprint density at radius 3 is 1.78 bits per heavy atom. The van der Waals surface area contributed by atoms with Gasteiger partial charge >= 0.3 is 0 Å². The molecule has 0 aliphatic carbocycles. The molecule has 0 aromatic heterocycles. The number of aliphatic hydroxyl groups excluding tert-OH is 3. The van der Waals surface area contributed by atoms with E-state index in [2.05, 4.69) is 10.6 Å². The number of hydrogen-bond donors (Lipinski definition) is 6. The molecule has 0 bridgehead atoms. The number of ether oxygens (including phenoxy) is 3. The maximum absolute atomic E-state index is 15.6. The third kappa shape index (κ3) is 9.82. The predicted molar refractivity (Wildman–Crippen MR) is 268 cm³/mol. The quantitative estimate of drug-likeness (QED) is 0.0415. The average molecular weight is 964 g/mol. The Balaban J connectivity index is 1.20. The van der Waals surface area contributed by atoms with Crippen LogP contribution in [-0.2, 0) is 44.1 Å². The highest BCUT2D eigenvalue weighted by molar-refractivity contribution is 6.71. The standard InChI is InChI=1S/C53H69N5O10Si/c1-6-66-40-16-19-45-36(28-40)30-43(54-22-8-10-24-59)50(62)57(45)38-14-12-13-35(27-38)33-56-47-18-15-39(32-42(47)53(52(56)64)34(3)49(69(4,5)65)48(68-53)21-26-61)58-46-20-17-41(67-7-2)29-37(46)31-44(51(58)63)55-23-9-11-25-60/h12-20,27-29,32,34,43-44,48-49,54-55,59-61,65H,6-11,21-26,30-31,33H2,1-5H3/t34-,43?,44?,48+,49-,53+/m1/s1. The summed E-state index contributed by atoms with van der Waals surface area (Å²) < 4.78 is 18.8.